The number of carbonyl (C=O) groups is 1. The smallest absolute Gasteiger partial charge is 0.247 e. The summed E-state index contributed by atoms with van der Waals surface area (Å²) < 4.78 is 6.26. The summed E-state index contributed by atoms with van der Waals surface area (Å²) in [5.41, 5.74) is 2.57. The second-order valence-electron chi connectivity index (χ2n) is 6.08. The first-order valence-corrected chi connectivity index (χ1v) is 10.1. The van der Waals surface area contributed by atoms with Crippen molar-refractivity contribution in [1.82, 2.24) is 15.2 Å². The van der Waals surface area contributed by atoms with Crippen molar-refractivity contribution in [1.29, 1.82) is 0 Å². The summed E-state index contributed by atoms with van der Waals surface area (Å²) in [5.74, 6) is 0.957. The fourth-order valence-electron chi connectivity index (χ4n) is 3.12. The van der Waals surface area contributed by atoms with Crippen molar-refractivity contribution >= 4 is 35.0 Å². The molecule has 1 atom stereocenters. The van der Waals surface area contributed by atoms with E-state index in [1.165, 1.54) is 18.7 Å². The van der Waals surface area contributed by atoms with E-state index in [0.29, 0.717) is 33.0 Å². The largest absolute Gasteiger partial charge is 0.447 e. The van der Waals surface area contributed by atoms with Gasteiger partial charge in [-0.2, -0.15) is 4.98 Å². The normalized spacial score (nSPS) is 15.2. The fraction of sp³-hybridized carbons (Fsp3) is 0.200. The van der Waals surface area contributed by atoms with Crippen LogP contribution in [-0.4, -0.2) is 26.8 Å². The standard InChI is InChI=1S/C20H17ClN4O2S/c1-3-28-20-22-18-17(23-24-20)14-9-5-7-11-16(14)25(12(2)26)19(27-18)13-8-4-6-10-15(13)21/h4-11,19H,3H2,1-2H3. The van der Waals surface area contributed by atoms with Crippen LogP contribution in [0.25, 0.3) is 11.3 Å². The van der Waals surface area contributed by atoms with E-state index >= 15 is 0 Å². The van der Waals surface area contributed by atoms with Gasteiger partial charge in [-0.15, -0.1) is 10.2 Å². The molecule has 0 radical (unpaired) electrons. The molecular formula is C20H17ClN4O2S. The third-order valence-corrected chi connectivity index (χ3v) is 5.36. The van der Waals surface area contributed by atoms with Crippen molar-refractivity contribution in [3.63, 3.8) is 0 Å². The van der Waals surface area contributed by atoms with Crippen LogP contribution < -0.4 is 9.64 Å². The SMILES string of the molecule is CCSc1nnc2c(n1)OC(c1ccccc1Cl)N(C(C)=O)c1ccccc1-2. The number of nitrogens with zero attached hydrogens (tertiary/aromatic N) is 4. The maximum atomic E-state index is 12.7. The van der Waals surface area contributed by atoms with Gasteiger partial charge in [0, 0.05) is 23.1 Å². The van der Waals surface area contributed by atoms with Gasteiger partial charge >= 0.3 is 0 Å². The predicted molar refractivity (Wildman–Crippen MR) is 110 cm³/mol. The summed E-state index contributed by atoms with van der Waals surface area (Å²) in [4.78, 5) is 18.8. The van der Waals surface area contributed by atoms with Gasteiger partial charge in [0.2, 0.25) is 23.2 Å². The van der Waals surface area contributed by atoms with Crippen molar-refractivity contribution < 1.29 is 9.53 Å². The summed E-state index contributed by atoms with van der Waals surface area (Å²) in [6, 6.07) is 14.8. The number of halogens is 1. The highest BCUT2D eigenvalue weighted by molar-refractivity contribution is 7.99. The van der Waals surface area contributed by atoms with Gasteiger partial charge in [-0.1, -0.05) is 66.7 Å². The van der Waals surface area contributed by atoms with E-state index in [-0.39, 0.29) is 5.91 Å². The van der Waals surface area contributed by atoms with Crippen LogP contribution in [-0.2, 0) is 4.79 Å². The van der Waals surface area contributed by atoms with Crippen LogP contribution in [0, 0.1) is 0 Å². The number of thioether (sulfide) groups is 1. The lowest BCUT2D eigenvalue weighted by Gasteiger charge is -2.30. The van der Waals surface area contributed by atoms with Crippen LogP contribution in [0.4, 0.5) is 5.69 Å². The third-order valence-electron chi connectivity index (χ3n) is 4.30. The lowest BCUT2D eigenvalue weighted by molar-refractivity contribution is -0.118. The van der Waals surface area contributed by atoms with E-state index in [0.717, 1.165) is 11.3 Å². The van der Waals surface area contributed by atoms with E-state index in [1.54, 1.807) is 11.0 Å². The van der Waals surface area contributed by atoms with E-state index in [1.807, 2.05) is 49.4 Å². The Kier molecular flexibility index (Phi) is 5.19. The molecule has 8 heteroatoms. The Morgan fingerprint density at radius 2 is 1.93 bits per heavy atom. The molecule has 0 fully saturated rings. The van der Waals surface area contributed by atoms with Gasteiger partial charge in [0.15, 0.2) is 5.69 Å². The van der Waals surface area contributed by atoms with Crippen molar-refractivity contribution in [2.45, 2.75) is 25.2 Å². The van der Waals surface area contributed by atoms with Crippen molar-refractivity contribution in [3.05, 3.63) is 59.1 Å². The Morgan fingerprint density at radius 1 is 1.18 bits per heavy atom. The molecule has 2 heterocycles. The molecule has 4 rings (SSSR count). The van der Waals surface area contributed by atoms with Crippen LogP contribution in [0.5, 0.6) is 5.88 Å². The molecular weight excluding hydrogens is 396 g/mol. The van der Waals surface area contributed by atoms with E-state index < -0.39 is 6.23 Å². The Bertz CT molecular complexity index is 1050. The third kappa shape index (κ3) is 3.31. The second kappa shape index (κ2) is 7.77. The van der Waals surface area contributed by atoms with Gasteiger partial charge in [-0.05, 0) is 17.9 Å². The van der Waals surface area contributed by atoms with E-state index in [2.05, 4.69) is 15.2 Å². The first-order chi connectivity index (χ1) is 13.6. The predicted octanol–water partition coefficient (Wildman–Crippen LogP) is 4.75. The van der Waals surface area contributed by atoms with Gasteiger partial charge in [-0.3, -0.25) is 9.69 Å². The van der Waals surface area contributed by atoms with E-state index in [9.17, 15) is 4.79 Å². The minimum atomic E-state index is -0.773. The molecule has 0 saturated heterocycles. The number of carbonyl (C=O) groups excluding carboxylic acids is 1. The number of benzene rings is 2. The molecule has 1 aromatic heterocycles. The Balaban J connectivity index is 1.97. The minimum Gasteiger partial charge on any atom is -0.447 e. The number of para-hydroxylation sites is 1. The molecule has 28 heavy (non-hydrogen) atoms. The molecule has 0 aliphatic carbocycles. The zero-order valence-corrected chi connectivity index (χ0v) is 16.9. The average molecular weight is 413 g/mol. The average Bonchev–Trinajstić information content (AvgIpc) is 2.83. The zero-order valence-electron chi connectivity index (χ0n) is 15.3. The van der Waals surface area contributed by atoms with Crippen molar-refractivity contribution in [3.8, 4) is 17.1 Å². The Hall–Kier alpha value is -2.64. The summed E-state index contributed by atoms with van der Waals surface area (Å²) in [6.07, 6.45) is -0.773. The number of ether oxygens (including phenoxy) is 1. The molecule has 0 bridgehead atoms. The number of anilines is 1. The second-order valence-corrected chi connectivity index (χ2v) is 7.72. The number of amides is 1. The number of rotatable bonds is 3. The summed E-state index contributed by atoms with van der Waals surface area (Å²) in [5, 5.41) is 9.58. The van der Waals surface area contributed by atoms with Crippen molar-refractivity contribution in [2.24, 2.45) is 0 Å². The van der Waals surface area contributed by atoms with E-state index in [4.69, 9.17) is 16.3 Å². The highest BCUT2D eigenvalue weighted by Gasteiger charge is 2.35. The molecule has 142 valence electrons. The van der Waals surface area contributed by atoms with Gasteiger partial charge < -0.3 is 4.74 Å². The van der Waals surface area contributed by atoms with Crippen LogP contribution >= 0.6 is 23.4 Å². The lowest BCUT2D eigenvalue weighted by Crippen LogP contribution is -2.36. The van der Waals surface area contributed by atoms with Crippen LogP contribution in [0.1, 0.15) is 25.6 Å². The highest BCUT2D eigenvalue weighted by Crippen LogP contribution is 2.44. The maximum absolute atomic E-state index is 12.7. The molecule has 1 unspecified atom stereocenters. The highest BCUT2D eigenvalue weighted by atomic mass is 35.5. The minimum absolute atomic E-state index is 0.179. The van der Waals surface area contributed by atoms with Crippen LogP contribution in [0.3, 0.4) is 0 Å². The van der Waals surface area contributed by atoms with Gasteiger partial charge in [0.05, 0.1) is 5.69 Å². The summed E-state index contributed by atoms with van der Waals surface area (Å²) in [6.45, 7) is 3.51. The Morgan fingerprint density at radius 3 is 2.68 bits per heavy atom. The molecule has 1 amide bonds. The molecule has 6 nitrogen and oxygen atoms in total. The molecule has 2 aromatic carbocycles. The van der Waals surface area contributed by atoms with Crippen LogP contribution in [0.2, 0.25) is 5.02 Å². The summed E-state index contributed by atoms with van der Waals surface area (Å²) >= 11 is 7.92. The molecule has 0 saturated carbocycles. The fourth-order valence-corrected chi connectivity index (χ4v) is 3.85. The number of hydrogen-bond donors (Lipinski definition) is 0. The zero-order chi connectivity index (χ0) is 19.7. The molecule has 0 N–H and O–H groups in total. The monoisotopic (exact) mass is 412 g/mol. The molecule has 3 aromatic rings. The molecule has 1 aliphatic heterocycles. The Labute approximate surface area is 171 Å². The first-order valence-electron chi connectivity index (χ1n) is 8.78. The molecule has 1 aliphatic rings. The number of fused-ring (bicyclic) bond motifs is 3. The topological polar surface area (TPSA) is 68.2 Å². The quantitative estimate of drug-likeness (QED) is 0.578. The molecule has 0 spiro atoms. The first kappa shape index (κ1) is 18.7. The van der Waals surface area contributed by atoms with Gasteiger partial charge in [-0.25, -0.2) is 0 Å². The maximum Gasteiger partial charge on any atom is 0.247 e. The summed E-state index contributed by atoms with van der Waals surface area (Å²) in [7, 11) is 0. The number of aromatic nitrogens is 3. The van der Waals surface area contributed by atoms with Gasteiger partial charge in [0.1, 0.15) is 0 Å². The number of hydrogen-bond acceptors (Lipinski definition) is 6. The van der Waals surface area contributed by atoms with Crippen LogP contribution in [0.15, 0.2) is 53.7 Å². The van der Waals surface area contributed by atoms with Crippen molar-refractivity contribution in [2.75, 3.05) is 10.7 Å². The van der Waals surface area contributed by atoms with Gasteiger partial charge in [0.25, 0.3) is 0 Å². The lowest BCUT2D eigenvalue weighted by atomic mass is 10.1.